The molecule has 0 aliphatic rings. The molecule has 0 aromatic carbocycles. The molecule has 2 nitrogen and oxygen atoms in total. The van der Waals surface area contributed by atoms with Crippen molar-refractivity contribution in [1.82, 2.24) is 4.98 Å². The van der Waals surface area contributed by atoms with Gasteiger partial charge in [-0.2, -0.15) is 0 Å². The van der Waals surface area contributed by atoms with Crippen molar-refractivity contribution in [2.24, 2.45) is 0 Å². The summed E-state index contributed by atoms with van der Waals surface area (Å²) in [5.41, 5.74) is -0.680. The fraction of sp³-hybridized carbons (Fsp3) is 0.286. The Hall–Kier alpha value is -0.380. The van der Waals surface area contributed by atoms with Gasteiger partial charge in [-0.05, 0) is 22.6 Å². The van der Waals surface area contributed by atoms with E-state index in [4.69, 9.17) is 11.6 Å². The Balaban J connectivity index is 3.12. The Morgan fingerprint density at radius 3 is 2.38 bits per heavy atom. The summed E-state index contributed by atoms with van der Waals surface area (Å²) in [5, 5.41) is -0.539. The lowest BCUT2D eigenvalue weighted by molar-refractivity contribution is -0.274. The van der Waals surface area contributed by atoms with Crippen molar-refractivity contribution < 1.29 is 26.7 Å². The van der Waals surface area contributed by atoms with Gasteiger partial charge in [0.1, 0.15) is 5.69 Å². The van der Waals surface area contributed by atoms with Crippen molar-refractivity contribution in [3.05, 3.63) is 20.5 Å². The van der Waals surface area contributed by atoms with Crippen LogP contribution in [0.15, 0.2) is 6.20 Å². The summed E-state index contributed by atoms with van der Waals surface area (Å²) in [5.74, 6) is -0.803. The molecule has 0 radical (unpaired) electrons. The Morgan fingerprint density at radius 1 is 1.38 bits per heavy atom. The van der Waals surface area contributed by atoms with Crippen LogP contribution in [-0.2, 0) is 0 Å². The van der Waals surface area contributed by atoms with Crippen LogP contribution in [0.1, 0.15) is 12.1 Å². The zero-order valence-corrected chi connectivity index (χ0v) is 10.1. The smallest absolute Gasteiger partial charge is 0.402 e. The second-order valence-corrected chi connectivity index (χ2v) is 3.94. The van der Waals surface area contributed by atoms with E-state index in [2.05, 4.69) is 9.72 Å². The molecule has 0 aliphatic heterocycles. The summed E-state index contributed by atoms with van der Waals surface area (Å²) in [6.07, 6.45) is -7.34. The molecule has 0 spiro atoms. The molecule has 0 bridgehead atoms. The van der Waals surface area contributed by atoms with E-state index in [-0.39, 0.29) is 3.57 Å². The quantitative estimate of drug-likeness (QED) is 0.573. The lowest BCUT2D eigenvalue weighted by Gasteiger charge is -2.12. The Bertz CT molecular complexity index is 397. The maximum atomic E-state index is 12.3. The first-order valence-electron chi connectivity index (χ1n) is 3.60. The molecular formula is C7H2ClF5INO. The summed E-state index contributed by atoms with van der Waals surface area (Å²) < 4.78 is 63.4. The van der Waals surface area contributed by atoms with E-state index in [1.165, 1.54) is 22.6 Å². The van der Waals surface area contributed by atoms with E-state index in [0.29, 0.717) is 6.20 Å². The molecule has 16 heavy (non-hydrogen) atoms. The van der Waals surface area contributed by atoms with E-state index >= 15 is 0 Å². The summed E-state index contributed by atoms with van der Waals surface area (Å²) >= 11 is 6.82. The zero-order chi connectivity index (χ0) is 12.5. The number of rotatable bonds is 2. The third kappa shape index (κ3) is 3.30. The Labute approximate surface area is 105 Å². The SMILES string of the molecule is FC(F)c1ncc(OC(F)(F)F)c(Cl)c1I. The number of halogens is 7. The van der Waals surface area contributed by atoms with Crippen LogP contribution in [0.5, 0.6) is 5.75 Å². The molecular weight excluding hydrogens is 371 g/mol. The molecule has 0 saturated heterocycles. The predicted octanol–water partition coefficient (Wildman–Crippen LogP) is 4.18. The van der Waals surface area contributed by atoms with E-state index in [1.54, 1.807) is 0 Å². The van der Waals surface area contributed by atoms with Crippen LogP contribution >= 0.6 is 34.2 Å². The van der Waals surface area contributed by atoms with Gasteiger partial charge >= 0.3 is 6.36 Å². The van der Waals surface area contributed by atoms with Crippen molar-refractivity contribution in [3.63, 3.8) is 0 Å². The van der Waals surface area contributed by atoms with Gasteiger partial charge in [-0.3, -0.25) is 4.98 Å². The molecule has 90 valence electrons. The first-order chi connectivity index (χ1) is 7.22. The van der Waals surface area contributed by atoms with Gasteiger partial charge in [0.2, 0.25) is 0 Å². The number of aromatic nitrogens is 1. The van der Waals surface area contributed by atoms with Crippen molar-refractivity contribution in [2.45, 2.75) is 12.8 Å². The normalized spacial score (nSPS) is 12.0. The van der Waals surface area contributed by atoms with E-state index < -0.39 is 29.3 Å². The molecule has 0 amide bonds. The van der Waals surface area contributed by atoms with Gasteiger partial charge in [0.15, 0.2) is 5.75 Å². The van der Waals surface area contributed by atoms with Crippen LogP contribution in [-0.4, -0.2) is 11.3 Å². The minimum Gasteiger partial charge on any atom is -0.402 e. The number of hydrogen-bond donors (Lipinski definition) is 0. The number of hydrogen-bond acceptors (Lipinski definition) is 2. The van der Waals surface area contributed by atoms with Gasteiger partial charge in [0, 0.05) is 0 Å². The summed E-state index contributed by atoms with van der Waals surface area (Å²) in [6.45, 7) is 0. The Kier molecular flexibility index (Phi) is 4.16. The zero-order valence-electron chi connectivity index (χ0n) is 7.16. The van der Waals surface area contributed by atoms with Gasteiger partial charge in [0.05, 0.1) is 14.8 Å². The topological polar surface area (TPSA) is 22.1 Å². The lowest BCUT2D eigenvalue weighted by Crippen LogP contribution is -2.18. The fourth-order valence-corrected chi connectivity index (χ4v) is 1.63. The number of pyridine rings is 1. The molecule has 0 aliphatic carbocycles. The van der Waals surface area contributed by atoms with E-state index in [1.807, 2.05) is 0 Å². The summed E-state index contributed by atoms with van der Waals surface area (Å²) in [6, 6.07) is 0. The molecule has 0 N–H and O–H groups in total. The van der Waals surface area contributed by atoms with Crippen molar-refractivity contribution in [1.29, 1.82) is 0 Å². The summed E-state index contributed by atoms with van der Waals surface area (Å²) in [7, 11) is 0. The number of ether oxygens (including phenoxy) is 1. The van der Waals surface area contributed by atoms with Crippen LogP contribution in [0.3, 0.4) is 0 Å². The second-order valence-electron chi connectivity index (χ2n) is 2.48. The van der Waals surface area contributed by atoms with Gasteiger partial charge < -0.3 is 4.74 Å². The molecule has 1 aromatic rings. The van der Waals surface area contributed by atoms with Gasteiger partial charge in [0.25, 0.3) is 6.43 Å². The molecule has 1 rings (SSSR count). The molecule has 1 aromatic heterocycles. The van der Waals surface area contributed by atoms with E-state index in [0.717, 1.165) is 0 Å². The minimum atomic E-state index is -4.94. The highest BCUT2D eigenvalue weighted by molar-refractivity contribution is 14.1. The standard InChI is InChI=1S/C7H2ClF5INO/c8-3-2(16-7(11,12)13)1-15-5(4(3)14)6(9)10/h1,6H. The van der Waals surface area contributed by atoms with Crippen LogP contribution in [0.2, 0.25) is 5.02 Å². The highest BCUT2D eigenvalue weighted by atomic mass is 127. The minimum absolute atomic E-state index is 0.268. The second kappa shape index (κ2) is 4.86. The number of alkyl halides is 5. The average Bonchev–Trinajstić information content (AvgIpc) is 2.10. The lowest BCUT2D eigenvalue weighted by atomic mass is 10.3. The molecule has 1 heterocycles. The third-order valence-corrected chi connectivity index (χ3v) is 3.17. The van der Waals surface area contributed by atoms with Gasteiger partial charge in [-0.25, -0.2) is 8.78 Å². The number of nitrogens with zero attached hydrogens (tertiary/aromatic N) is 1. The van der Waals surface area contributed by atoms with Crippen LogP contribution in [0.4, 0.5) is 22.0 Å². The average molecular weight is 373 g/mol. The maximum Gasteiger partial charge on any atom is 0.573 e. The van der Waals surface area contributed by atoms with Crippen LogP contribution < -0.4 is 4.74 Å². The predicted molar refractivity (Wildman–Crippen MR) is 53.6 cm³/mol. The van der Waals surface area contributed by atoms with Gasteiger partial charge in [-0.15, -0.1) is 13.2 Å². The first-order valence-corrected chi connectivity index (χ1v) is 5.06. The van der Waals surface area contributed by atoms with Gasteiger partial charge in [-0.1, -0.05) is 11.6 Å². The van der Waals surface area contributed by atoms with Crippen molar-refractivity contribution >= 4 is 34.2 Å². The largest absolute Gasteiger partial charge is 0.573 e. The van der Waals surface area contributed by atoms with Crippen LogP contribution in [0, 0.1) is 3.57 Å². The maximum absolute atomic E-state index is 12.3. The summed E-state index contributed by atoms with van der Waals surface area (Å²) in [4.78, 5) is 3.16. The molecule has 0 unspecified atom stereocenters. The van der Waals surface area contributed by atoms with Crippen molar-refractivity contribution in [2.75, 3.05) is 0 Å². The molecule has 0 saturated carbocycles. The first kappa shape index (κ1) is 13.7. The Morgan fingerprint density at radius 2 is 1.94 bits per heavy atom. The molecule has 0 fully saturated rings. The van der Waals surface area contributed by atoms with Crippen molar-refractivity contribution in [3.8, 4) is 5.75 Å². The van der Waals surface area contributed by atoms with E-state index in [9.17, 15) is 22.0 Å². The molecule has 0 atom stereocenters. The molecule has 9 heteroatoms. The van der Waals surface area contributed by atoms with Crippen LogP contribution in [0.25, 0.3) is 0 Å². The highest BCUT2D eigenvalue weighted by Gasteiger charge is 2.33. The monoisotopic (exact) mass is 373 g/mol. The third-order valence-electron chi connectivity index (χ3n) is 1.39. The highest BCUT2D eigenvalue weighted by Crippen LogP contribution is 2.36. The fourth-order valence-electron chi connectivity index (χ4n) is 0.810.